The van der Waals surface area contributed by atoms with Crippen LogP contribution in [0.15, 0.2) is 0 Å². The molecule has 0 saturated heterocycles. The number of hydrogen-bond acceptors (Lipinski definition) is 6. The summed E-state index contributed by atoms with van der Waals surface area (Å²) in [6.07, 6.45) is 0. The molecule has 0 unspecified atom stereocenters. The van der Waals surface area contributed by atoms with E-state index in [4.69, 9.17) is 0 Å². The van der Waals surface area contributed by atoms with Crippen LogP contribution in [0, 0.1) is 27.2 Å². The van der Waals surface area contributed by atoms with Crippen molar-refractivity contribution in [2.45, 2.75) is 20.4 Å². The van der Waals surface area contributed by atoms with Crippen molar-refractivity contribution in [2.24, 2.45) is 0 Å². The molecule has 10 heteroatoms. The molecular formula is C8H11N5O5. The van der Waals surface area contributed by atoms with Gasteiger partial charge in [-0.25, -0.2) is 0 Å². The first-order valence-electron chi connectivity index (χ1n) is 5.01. The van der Waals surface area contributed by atoms with Crippen molar-refractivity contribution in [3.63, 3.8) is 0 Å². The van der Waals surface area contributed by atoms with Crippen LogP contribution >= 0.6 is 0 Å². The molecule has 1 amide bonds. The van der Waals surface area contributed by atoms with Gasteiger partial charge in [0.25, 0.3) is 0 Å². The molecule has 0 radical (unpaired) electrons. The molecular weight excluding hydrogens is 246 g/mol. The van der Waals surface area contributed by atoms with Crippen LogP contribution < -0.4 is 5.32 Å². The van der Waals surface area contributed by atoms with E-state index in [1.54, 1.807) is 6.92 Å². The maximum atomic E-state index is 11.3. The Morgan fingerprint density at radius 3 is 2.39 bits per heavy atom. The summed E-state index contributed by atoms with van der Waals surface area (Å²) in [4.78, 5) is 30.8. The van der Waals surface area contributed by atoms with Crippen LogP contribution in [-0.2, 0) is 11.3 Å². The highest BCUT2D eigenvalue weighted by Crippen LogP contribution is 2.28. The number of nitrogens with one attached hydrogen (secondary N) is 1. The number of carbonyl (C=O) groups is 1. The average molecular weight is 257 g/mol. The molecule has 18 heavy (non-hydrogen) atoms. The van der Waals surface area contributed by atoms with Crippen molar-refractivity contribution in [3.05, 3.63) is 25.9 Å². The highest BCUT2D eigenvalue weighted by molar-refractivity contribution is 5.75. The second kappa shape index (κ2) is 5.21. The molecule has 0 aliphatic rings. The maximum absolute atomic E-state index is 11.3. The van der Waals surface area contributed by atoms with Crippen LogP contribution in [0.5, 0.6) is 0 Å². The third-order valence-electron chi connectivity index (χ3n) is 2.18. The Bertz CT molecular complexity index is 508. The lowest BCUT2D eigenvalue weighted by Crippen LogP contribution is -2.28. The Morgan fingerprint density at radius 2 is 2.00 bits per heavy atom. The third-order valence-corrected chi connectivity index (χ3v) is 2.18. The summed E-state index contributed by atoms with van der Waals surface area (Å²) >= 11 is 0. The van der Waals surface area contributed by atoms with E-state index in [-0.39, 0.29) is 12.2 Å². The fourth-order valence-corrected chi connectivity index (χ4v) is 1.40. The molecule has 0 aromatic carbocycles. The predicted octanol–water partition coefficient (Wildman–Crippen LogP) is 0.144. The highest BCUT2D eigenvalue weighted by atomic mass is 16.6. The summed E-state index contributed by atoms with van der Waals surface area (Å²) < 4.78 is 0.946. The van der Waals surface area contributed by atoms with Gasteiger partial charge < -0.3 is 15.4 Å². The number of nitrogens with zero attached hydrogens (tertiary/aromatic N) is 4. The van der Waals surface area contributed by atoms with Gasteiger partial charge in [-0.1, -0.05) is 0 Å². The molecule has 0 saturated carbocycles. The van der Waals surface area contributed by atoms with Crippen LogP contribution in [-0.4, -0.2) is 32.1 Å². The number of nitro groups is 2. The topological polar surface area (TPSA) is 133 Å². The highest BCUT2D eigenvalue weighted by Gasteiger charge is 2.35. The van der Waals surface area contributed by atoms with Crippen molar-refractivity contribution in [2.75, 3.05) is 6.54 Å². The van der Waals surface area contributed by atoms with Gasteiger partial charge in [-0.15, -0.1) is 0 Å². The molecule has 10 nitrogen and oxygen atoms in total. The lowest BCUT2D eigenvalue weighted by Gasteiger charge is -1.99. The monoisotopic (exact) mass is 257 g/mol. The average Bonchev–Trinajstić information content (AvgIpc) is 2.56. The molecule has 0 spiro atoms. The zero-order valence-corrected chi connectivity index (χ0v) is 9.74. The Morgan fingerprint density at radius 1 is 1.39 bits per heavy atom. The minimum absolute atomic E-state index is 0.0297. The molecule has 1 aromatic rings. The Labute approximate surface area is 101 Å². The van der Waals surface area contributed by atoms with Crippen LogP contribution in [0.25, 0.3) is 0 Å². The van der Waals surface area contributed by atoms with Gasteiger partial charge in [0.1, 0.15) is 12.2 Å². The minimum Gasteiger partial charge on any atom is -0.358 e. The third kappa shape index (κ3) is 2.59. The summed E-state index contributed by atoms with van der Waals surface area (Å²) in [6.45, 7) is 3.10. The number of amides is 1. The second-order valence-electron chi connectivity index (χ2n) is 3.38. The SMILES string of the molecule is CCNC(=O)Cn1nc([N+](=O)[O-])c([N+](=O)[O-])c1C. The van der Waals surface area contributed by atoms with E-state index >= 15 is 0 Å². The van der Waals surface area contributed by atoms with E-state index < -0.39 is 27.3 Å². The van der Waals surface area contributed by atoms with Crippen molar-refractivity contribution in [1.29, 1.82) is 0 Å². The molecule has 0 aliphatic carbocycles. The van der Waals surface area contributed by atoms with Crippen LogP contribution in [0.4, 0.5) is 11.5 Å². The quantitative estimate of drug-likeness (QED) is 0.589. The summed E-state index contributed by atoms with van der Waals surface area (Å²) in [5.41, 5.74) is -0.720. The number of likely N-dealkylation sites (N-methyl/N-ethyl adjacent to an activating group) is 1. The van der Waals surface area contributed by atoms with Gasteiger partial charge in [0, 0.05) is 6.54 Å². The van der Waals surface area contributed by atoms with Gasteiger partial charge in [0.05, 0.1) is 10.0 Å². The Hall–Kier alpha value is -2.52. The minimum atomic E-state index is -0.945. The van der Waals surface area contributed by atoms with Gasteiger partial charge in [0.15, 0.2) is 0 Å². The van der Waals surface area contributed by atoms with Crippen molar-refractivity contribution < 1.29 is 14.6 Å². The molecule has 0 atom stereocenters. The van der Waals surface area contributed by atoms with E-state index in [2.05, 4.69) is 10.4 Å². The first kappa shape index (κ1) is 13.5. The van der Waals surface area contributed by atoms with Gasteiger partial charge in [-0.05, 0) is 18.8 Å². The zero-order valence-electron chi connectivity index (χ0n) is 9.74. The van der Waals surface area contributed by atoms with Gasteiger partial charge in [-0.3, -0.25) is 14.9 Å². The summed E-state index contributed by atoms with van der Waals surface area (Å²) in [5, 5.41) is 27.3. The van der Waals surface area contributed by atoms with E-state index in [0.717, 1.165) is 4.68 Å². The molecule has 0 fully saturated rings. The van der Waals surface area contributed by atoms with E-state index in [9.17, 15) is 25.0 Å². The maximum Gasteiger partial charge on any atom is 0.468 e. The summed E-state index contributed by atoms with van der Waals surface area (Å²) in [7, 11) is 0. The van der Waals surface area contributed by atoms with Crippen LogP contribution in [0.2, 0.25) is 0 Å². The van der Waals surface area contributed by atoms with Crippen LogP contribution in [0.3, 0.4) is 0 Å². The van der Waals surface area contributed by atoms with E-state index in [1.165, 1.54) is 6.92 Å². The Kier molecular flexibility index (Phi) is 3.92. The lowest BCUT2D eigenvalue weighted by molar-refractivity contribution is -0.424. The second-order valence-corrected chi connectivity index (χ2v) is 3.38. The largest absolute Gasteiger partial charge is 0.468 e. The van der Waals surface area contributed by atoms with Crippen molar-refractivity contribution >= 4 is 17.4 Å². The zero-order chi connectivity index (χ0) is 13.9. The number of aromatic nitrogens is 2. The fraction of sp³-hybridized carbons (Fsp3) is 0.500. The number of carbonyl (C=O) groups excluding carboxylic acids is 1. The lowest BCUT2D eigenvalue weighted by atomic mass is 10.4. The van der Waals surface area contributed by atoms with E-state index in [1.807, 2.05) is 0 Å². The predicted molar refractivity (Wildman–Crippen MR) is 59.0 cm³/mol. The van der Waals surface area contributed by atoms with E-state index in [0.29, 0.717) is 6.54 Å². The first-order chi connectivity index (χ1) is 8.38. The molecule has 1 heterocycles. The molecule has 98 valence electrons. The normalized spacial score (nSPS) is 10.1. The standard InChI is InChI=1S/C8H11N5O5/c1-3-9-6(14)4-11-5(2)7(12(15)16)8(10-11)13(17)18/h3-4H2,1-2H3,(H,9,14). The van der Waals surface area contributed by atoms with Crippen molar-refractivity contribution in [3.8, 4) is 0 Å². The molecule has 0 bridgehead atoms. The van der Waals surface area contributed by atoms with Gasteiger partial charge >= 0.3 is 11.5 Å². The Balaban J connectivity index is 3.15. The summed E-state index contributed by atoms with van der Waals surface area (Å²) in [6, 6.07) is 0. The fourth-order valence-electron chi connectivity index (χ4n) is 1.40. The molecule has 1 aromatic heterocycles. The molecule has 1 N–H and O–H groups in total. The first-order valence-corrected chi connectivity index (χ1v) is 5.01. The van der Waals surface area contributed by atoms with Gasteiger partial charge in [0.2, 0.25) is 5.91 Å². The molecule has 0 aliphatic heterocycles. The number of rotatable bonds is 5. The van der Waals surface area contributed by atoms with Crippen molar-refractivity contribution in [1.82, 2.24) is 15.1 Å². The van der Waals surface area contributed by atoms with Crippen LogP contribution in [0.1, 0.15) is 12.6 Å². The van der Waals surface area contributed by atoms with Gasteiger partial charge in [-0.2, -0.15) is 4.68 Å². The summed E-state index contributed by atoms with van der Waals surface area (Å²) in [5.74, 6) is -1.28. The molecule has 1 rings (SSSR count). The smallest absolute Gasteiger partial charge is 0.358 e. The number of hydrogen-bond donors (Lipinski definition) is 1.